The SMILES string of the molecule is CCCc1ccc(OC)c(-c2csc(N)c2C#N)c1. The van der Waals surface area contributed by atoms with E-state index in [0.717, 1.165) is 29.7 Å². The maximum Gasteiger partial charge on any atom is 0.126 e. The fourth-order valence-corrected chi connectivity index (χ4v) is 2.86. The van der Waals surface area contributed by atoms with E-state index in [4.69, 9.17) is 10.5 Å². The molecule has 0 unspecified atom stereocenters. The number of benzene rings is 1. The molecule has 0 aliphatic carbocycles. The van der Waals surface area contributed by atoms with E-state index in [1.165, 1.54) is 16.9 Å². The Balaban J connectivity index is 2.59. The quantitative estimate of drug-likeness (QED) is 0.920. The van der Waals surface area contributed by atoms with Crippen molar-refractivity contribution >= 4 is 16.3 Å². The lowest BCUT2D eigenvalue weighted by molar-refractivity contribution is 0.416. The molecule has 3 nitrogen and oxygen atoms in total. The molecular weight excluding hydrogens is 256 g/mol. The van der Waals surface area contributed by atoms with Gasteiger partial charge in [-0.05, 0) is 24.1 Å². The lowest BCUT2D eigenvalue weighted by Crippen LogP contribution is -1.92. The van der Waals surface area contributed by atoms with E-state index in [1.807, 2.05) is 11.4 Å². The summed E-state index contributed by atoms with van der Waals surface area (Å²) in [5.41, 5.74) is 9.42. The monoisotopic (exact) mass is 272 g/mol. The number of anilines is 1. The van der Waals surface area contributed by atoms with E-state index in [-0.39, 0.29) is 0 Å². The minimum atomic E-state index is 0.539. The molecule has 0 aliphatic heterocycles. The second-order valence-electron chi connectivity index (χ2n) is 4.29. The number of nitrogen functional groups attached to an aromatic ring is 1. The first-order valence-electron chi connectivity index (χ1n) is 6.15. The van der Waals surface area contributed by atoms with Crippen LogP contribution < -0.4 is 10.5 Å². The molecule has 1 heterocycles. The van der Waals surface area contributed by atoms with Crippen LogP contribution in [0.4, 0.5) is 5.00 Å². The average Bonchev–Trinajstić information content (AvgIpc) is 2.80. The van der Waals surface area contributed by atoms with E-state index < -0.39 is 0 Å². The van der Waals surface area contributed by atoms with Crippen molar-refractivity contribution in [3.05, 3.63) is 34.7 Å². The zero-order chi connectivity index (χ0) is 13.8. The number of nitriles is 1. The summed E-state index contributed by atoms with van der Waals surface area (Å²) in [7, 11) is 1.64. The van der Waals surface area contributed by atoms with E-state index in [1.54, 1.807) is 7.11 Å². The summed E-state index contributed by atoms with van der Waals surface area (Å²) in [4.78, 5) is 0. The lowest BCUT2D eigenvalue weighted by atomic mass is 9.99. The Kier molecular flexibility index (Phi) is 4.08. The van der Waals surface area contributed by atoms with Crippen molar-refractivity contribution in [2.45, 2.75) is 19.8 Å². The molecule has 98 valence electrons. The molecule has 1 aromatic heterocycles. The predicted molar refractivity (Wildman–Crippen MR) is 79.4 cm³/mol. The molecule has 0 bridgehead atoms. The van der Waals surface area contributed by atoms with Crippen LogP contribution in [0.15, 0.2) is 23.6 Å². The summed E-state index contributed by atoms with van der Waals surface area (Å²) in [5.74, 6) is 0.772. The number of ether oxygens (including phenoxy) is 1. The molecule has 0 spiro atoms. The number of methoxy groups -OCH3 is 1. The first-order valence-corrected chi connectivity index (χ1v) is 7.03. The maximum atomic E-state index is 9.22. The van der Waals surface area contributed by atoms with Crippen LogP contribution in [0.1, 0.15) is 24.5 Å². The third-order valence-corrected chi connectivity index (χ3v) is 3.84. The van der Waals surface area contributed by atoms with Crippen molar-refractivity contribution in [2.75, 3.05) is 12.8 Å². The Morgan fingerprint density at radius 3 is 2.79 bits per heavy atom. The van der Waals surface area contributed by atoms with Gasteiger partial charge in [-0.15, -0.1) is 11.3 Å². The molecule has 0 saturated carbocycles. The third kappa shape index (κ3) is 2.56. The fourth-order valence-electron chi connectivity index (χ4n) is 2.10. The van der Waals surface area contributed by atoms with Gasteiger partial charge in [-0.2, -0.15) is 5.26 Å². The van der Waals surface area contributed by atoms with Crippen LogP contribution in [0, 0.1) is 11.3 Å². The van der Waals surface area contributed by atoms with Crippen molar-refractivity contribution in [2.24, 2.45) is 0 Å². The predicted octanol–water partition coefficient (Wildman–Crippen LogP) is 3.83. The summed E-state index contributed by atoms with van der Waals surface area (Å²) in [6, 6.07) is 8.28. The van der Waals surface area contributed by atoms with Gasteiger partial charge < -0.3 is 10.5 Å². The van der Waals surface area contributed by atoms with Gasteiger partial charge in [0.1, 0.15) is 16.8 Å². The first kappa shape index (κ1) is 13.4. The highest BCUT2D eigenvalue weighted by Gasteiger charge is 2.15. The number of thiophene rings is 1. The number of hydrogen-bond acceptors (Lipinski definition) is 4. The molecule has 0 radical (unpaired) electrons. The minimum absolute atomic E-state index is 0.539. The summed E-state index contributed by atoms with van der Waals surface area (Å²) >= 11 is 1.39. The van der Waals surface area contributed by atoms with Gasteiger partial charge in [-0.3, -0.25) is 0 Å². The van der Waals surface area contributed by atoms with Gasteiger partial charge in [-0.1, -0.05) is 19.4 Å². The van der Waals surface area contributed by atoms with E-state index in [2.05, 4.69) is 25.1 Å². The average molecular weight is 272 g/mol. The highest BCUT2D eigenvalue weighted by Crippen LogP contribution is 2.38. The van der Waals surface area contributed by atoms with Crippen molar-refractivity contribution < 1.29 is 4.74 Å². The lowest BCUT2D eigenvalue weighted by Gasteiger charge is -2.10. The van der Waals surface area contributed by atoms with Crippen LogP contribution in [-0.4, -0.2) is 7.11 Å². The van der Waals surface area contributed by atoms with Crippen molar-refractivity contribution in [3.8, 4) is 22.9 Å². The van der Waals surface area contributed by atoms with Gasteiger partial charge >= 0.3 is 0 Å². The standard InChI is InChI=1S/C15H16N2OS/c1-3-4-10-5-6-14(18-2)11(7-10)13-9-19-15(17)12(13)8-16/h5-7,9H,3-4,17H2,1-2H3. The number of nitrogens with two attached hydrogens (primary N) is 1. The summed E-state index contributed by atoms with van der Waals surface area (Å²) in [6.45, 7) is 2.15. The molecule has 0 aliphatic rings. The number of nitrogens with zero attached hydrogens (tertiary/aromatic N) is 1. The second-order valence-corrected chi connectivity index (χ2v) is 5.20. The number of rotatable bonds is 4. The molecule has 2 aromatic rings. The number of hydrogen-bond donors (Lipinski definition) is 1. The fraction of sp³-hybridized carbons (Fsp3) is 0.267. The Hall–Kier alpha value is -1.99. The van der Waals surface area contributed by atoms with Crippen LogP contribution in [0.5, 0.6) is 5.75 Å². The van der Waals surface area contributed by atoms with Crippen LogP contribution in [0.3, 0.4) is 0 Å². The first-order chi connectivity index (χ1) is 9.21. The van der Waals surface area contributed by atoms with E-state index in [0.29, 0.717) is 10.6 Å². The van der Waals surface area contributed by atoms with Crippen molar-refractivity contribution in [1.82, 2.24) is 0 Å². The molecule has 2 rings (SSSR count). The topological polar surface area (TPSA) is 59.0 Å². The van der Waals surface area contributed by atoms with Gasteiger partial charge in [0.2, 0.25) is 0 Å². The van der Waals surface area contributed by atoms with Gasteiger partial charge in [-0.25, -0.2) is 0 Å². The normalized spacial score (nSPS) is 10.2. The van der Waals surface area contributed by atoms with Gasteiger partial charge in [0.05, 0.1) is 12.7 Å². The van der Waals surface area contributed by atoms with Gasteiger partial charge in [0.25, 0.3) is 0 Å². The van der Waals surface area contributed by atoms with Crippen LogP contribution in [0.2, 0.25) is 0 Å². The Morgan fingerprint density at radius 2 is 2.16 bits per heavy atom. The molecular formula is C15H16N2OS. The largest absolute Gasteiger partial charge is 0.496 e. The highest BCUT2D eigenvalue weighted by molar-refractivity contribution is 7.14. The summed E-state index contributed by atoms with van der Waals surface area (Å²) < 4.78 is 5.40. The molecule has 0 saturated heterocycles. The molecule has 0 atom stereocenters. The van der Waals surface area contributed by atoms with E-state index >= 15 is 0 Å². The third-order valence-electron chi connectivity index (χ3n) is 3.02. The zero-order valence-electron chi connectivity index (χ0n) is 11.1. The second kappa shape index (κ2) is 5.77. The zero-order valence-corrected chi connectivity index (χ0v) is 11.9. The Bertz CT molecular complexity index is 626. The minimum Gasteiger partial charge on any atom is -0.496 e. The smallest absolute Gasteiger partial charge is 0.126 e. The van der Waals surface area contributed by atoms with Crippen molar-refractivity contribution in [3.63, 3.8) is 0 Å². The summed E-state index contributed by atoms with van der Waals surface area (Å²) in [5, 5.41) is 11.7. The van der Waals surface area contributed by atoms with Gasteiger partial charge in [0, 0.05) is 16.5 Å². The van der Waals surface area contributed by atoms with Gasteiger partial charge in [0.15, 0.2) is 0 Å². The van der Waals surface area contributed by atoms with Crippen LogP contribution in [0.25, 0.3) is 11.1 Å². The highest BCUT2D eigenvalue weighted by atomic mass is 32.1. The molecule has 0 amide bonds. The molecule has 0 fully saturated rings. The molecule has 19 heavy (non-hydrogen) atoms. The van der Waals surface area contributed by atoms with Crippen LogP contribution in [-0.2, 0) is 6.42 Å². The van der Waals surface area contributed by atoms with Crippen molar-refractivity contribution in [1.29, 1.82) is 5.26 Å². The number of aryl methyl sites for hydroxylation is 1. The Morgan fingerprint density at radius 1 is 1.37 bits per heavy atom. The Labute approximate surface area is 117 Å². The summed E-state index contributed by atoms with van der Waals surface area (Å²) in [6.07, 6.45) is 2.10. The van der Waals surface area contributed by atoms with Crippen LogP contribution >= 0.6 is 11.3 Å². The molecule has 4 heteroatoms. The molecule has 2 N–H and O–H groups in total. The van der Waals surface area contributed by atoms with E-state index in [9.17, 15) is 5.26 Å². The molecule has 1 aromatic carbocycles. The maximum absolute atomic E-state index is 9.22.